The van der Waals surface area contributed by atoms with Gasteiger partial charge in [0.25, 0.3) is 0 Å². The van der Waals surface area contributed by atoms with Crippen molar-refractivity contribution in [1.82, 2.24) is 15.2 Å². The van der Waals surface area contributed by atoms with E-state index in [2.05, 4.69) is 10.3 Å². The molecule has 0 bridgehead atoms. The van der Waals surface area contributed by atoms with Crippen molar-refractivity contribution in [2.75, 3.05) is 20.2 Å². The highest BCUT2D eigenvalue weighted by molar-refractivity contribution is 5.75. The number of carbonyl (C=O) groups excluding carboxylic acids is 1. The molecule has 1 aliphatic heterocycles. The summed E-state index contributed by atoms with van der Waals surface area (Å²) >= 11 is 0. The topological polar surface area (TPSA) is 54.5 Å². The number of urea groups is 1. The lowest BCUT2D eigenvalue weighted by Gasteiger charge is -2.21. The van der Waals surface area contributed by atoms with Gasteiger partial charge in [-0.25, -0.2) is 4.79 Å². The van der Waals surface area contributed by atoms with Crippen molar-refractivity contribution in [3.8, 4) is 5.75 Å². The molecule has 1 aliphatic rings. The van der Waals surface area contributed by atoms with Gasteiger partial charge in [-0.1, -0.05) is 0 Å². The van der Waals surface area contributed by atoms with Crippen molar-refractivity contribution in [2.24, 2.45) is 0 Å². The SMILES string of the molecule is COc1cnccc1C(C)NC(=O)N1CCCC1. The number of amides is 2. The summed E-state index contributed by atoms with van der Waals surface area (Å²) in [6.45, 7) is 3.66. The second-order valence-electron chi connectivity index (χ2n) is 4.48. The van der Waals surface area contributed by atoms with Crippen LogP contribution in [0.3, 0.4) is 0 Å². The number of rotatable bonds is 3. The Balaban J connectivity index is 2.02. The highest BCUT2D eigenvalue weighted by Gasteiger charge is 2.20. The van der Waals surface area contributed by atoms with E-state index in [4.69, 9.17) is 4.74 Å². The first kappa shape index (κ1) is 12.7. The number of hydrogen-bond acceptors (Lipinski definition) is 3. The van der Waals surface area contributed by atoms with Gasteiger partial charge in [0.15, 0.2) is 0 Å². The number of nitrogens with zero attached hydrogens (tertiary/aromatic N) is 2. The maximum atomic E-state index is 12.0. The van der Waals surface area contributed by atoms with E-state index in [1.807, 2.05) is 17.9 Å². The largest absolute Gasteiger partial charge is 0.495 e. The molecule has 0 radical (unpaired) electrons. The molecule has 1 saturated heterocycles. The quantitative estimate of drug-likeness (QED) is 0.891. The van der Waals surface area contributed by atoms with E-state index in [0.717, 1.165) is 31.5 Å². The van der Waals surface area contributed by atoms with Crippen molar-refractivity contribution in [3.05, 3.63) is 24.0 Å². The van der Waals surface area contributed by atoms with Gasteiger partial charge in [-0.2, -0.15) is 0 Å². The van der Waals surface area contributed by atoms with E-state index in [9.17, 15) is 4.79 Å². The molecule has 5 nitrogen and oxygen atoms in total. The molecule has 0 saturated carbocycles. The number of hydrogen-bond donors (Lipinski definition) is 1. The molecule has 5 heteroatoms. The van der Waals surface area contributed by atoms with E-state index >= 15 is 0 Å². The molecule has 0 spiro atoms. The number of likely N-dealkylation sites (tertiary alicyclic amines) is 1. The third-order valence-corrected chi connectivity index (χ3v) is 3.24. The number of methoxy groups -OCH3 is 1. The fourth-order valence-corrected chi connectivity index (χ4v) is 2.19. The van der Waals surface area contributed by atoms with Gasteiger partial charge >= 0.3 is 6.03 Å². The summed E-state index contributed by atoms with van der Waals surface area (Å²) in [7, 11) is 1.61. The molecule has 1 aromatic rings. The first-order valence-corrected chi connectivity index (χ1v) is 6.25. The minimum Gasteiger partial charge on any atom is -0.495 e. The van der Waals surface area contributed by atoms with Gasteiger partial charge in [-0.3, -0.25) is 4.98 Å². The summed E-state index contributed by atoms with van der Waals surface area (Å²) in [6.07, 6.45) is 5.56. The normalized spacial score (nSPS) is 16.4. The van der Waals surface area contributed by atoms with Crippen molar-refractivity contribution >= 4 is 6.03 Å². The molecule has 1 aromatic heterocycles. The van der Waals surface area contributed by atoms with Crippen LogP contribution in [-0.2, 0) is 0 Å². The highest BCUT2D eigenvalue weighted by Crippen LogP contribution is 2.23. The molecular formula is C13H19N3O2. The van der Waals surface area contributed by atoms with E-state index in [1.54, 1.807) is 19.5 Å². The summed E-state index contributed by atoms with van der Waals surface area (Å²) in [6, 6.07) is 1.78. The lowest BCUT2D eigenvalue weighted by atomic mass is 10.1. The zero-order valence-electron chi connectivity index (χ0n) is 10.8. The monoisotopic (exact) mass is 249 g/mol. The third-order valence-electron chi connectivity index (χ3n) is 3.24. The number of pyridine rings is 1. The molecule has 1 unspecified atom stereocenters. The number of carbonyl (C=O) groups is 1. The number of ether oxygens (including phenoxy) is 1. The Bertz CT molecular complexity index is 416. The number of aromatic nitrogens is 1. The van der Waals surface area contributed by atoms with E-state index in [-0.39, 0.29) is 12.1 Å². The fourth-order valence-electron chi connectivity index (χ4n) is 2.19. The van der Waals surface area contributed by atoms with Crippen LogP contribution in [0.15, 0.2) is 18.5 Å². The van der Waals surface area contributed by atoms with E-state index < -0.39 is 0 Å². The van der Waals surface area contributed by atoms with Crippen LogP contribution in [0.5, 0.6) is 5.75 Å². The van der Waals surface area contributed by atoms with Crippen LogP contribution >= 0.6 is 0 Å². The molecule has 1 fully saturated rings. The predicted octanol–water partition coefficient (Wildman–Crippen LogP) is 1.96. The molecular weight excluding hydrogens is 230 g/mol. The van der Waals surface area contributed by atoms with Gasteiger partial charge in [-0.15, -0.1) is 0 Å². The predicted molar refractivity (Wildman–Crippen MR) is 68.5 cm³/mol. The van der Waals surface area contributed by atoms with Crippen LogP contribution in [0.2, 0.25) is 0 Å². The van der Waals surface area contributed by atoms with Crippen LogP contribution in [0.1, 0.15) is 31.4 Å². The first-order valence-electron chi connectivity index (χ1n) is 6.25. The molecule has 0 aliphatic carbocycles. The lowest BCUT2D eigenvalue weighted by Crippen LogP contribution is -2.39. The van der Waals surface area contributed by atoms with Crippen LogP contribution in [-0.4, -0.2) is 36.1 Å². The number of nitrogens with one attached hydrogen (secondary N) is 1. The molecule has 0 aromatic carbocycles. The summed E-state index contributed by atoms with van der Waals surface area (Å²) in [5.41, 5.74) is 0.944. The van der Waals surface area contributed by atoms with Gasteiger partial charge in [-0.05, 0) is 25.8 Å². The van der Waals surface area contributed by atoms with Gasteiger partial charge in [0.05, 0.1) is 19.3 Å². The van der Waals surface area contributed by atoms with Gasteiger partial charge < -0.3 is 15.0 Å². The van der Waals surface area contributed by atoms with Crippen molar-refractivity contribution < 1.29 is 9.53 Å². The summed E-state index contributed by atoms with van der Waals surface area (Å²) < 4.78 is 5.25. The van der Waals surface area contributed by atoms with Gasteiger partial charge in [0.1, 0.15) is 5.75 Å². The van der Waals surface area contributed by atoms with Gasteiger partial charge in [0.2, 0.25) is 0 Å². The third kappa shape index (κ3) is 2.72. The zero-order chi connectivity index (χ0) is 13.0. The van der Waals surface area contributed by atoms with Crippen molar-refractivity contribution in [3.63, 3.8) is 0 Å². The molecule has 18 heavy (non-hydrogen) atoms. The maximum absolute atomic E-state index is 12.0. The fraction of sp³-hybridized carbons (Fsp3) is 0.538. The Morgan fingerprint density at radius 3 is 2.89 bits per heavy atom. The summed E-state index contributed by atoms with van der Waals surface area (Å²) in [5.74, 6) is 0.701. The summed E-state index contributed by atoms with van der Waals surface area (Å²) in [5, 5.41) is 2.99. The van der Waals surface area contributed by atoms with Gasteiger partial charge in [0, 0.05) is 24.8 Å². The van der Waals surface area contributed by atoms with Crippen LogP contribution in [0, 0.1) is 0 Å². The Morgan fingerprint density at radius 2 is 2.22 bits per heavy atom. The first-order chi connectivity index (χ1) is 8.72. The minimum atomic E-state index is -0.0870. The van der Waals surface area contributed by atoms with Crippen LogP contribution < -0.4 is 10.1 Å². The summed E-state index contributed by atoms with van der Waals surface area (Å²) in [4.78, 5) is 17.8. The molecule has 2 rings (SSSR count). The van der Waals surface area contributed by atoms with E-state index in [0.29, 0.717) is 5.75 Å². The molecule has 2 heterocycles. The zero-order valence-corrected chi connectivity index (χ0v) is 10.8. The Morgan fingerprint density at radius 1 is 1.50 bits per heavy atom. The van der Waals surface area contributed by atoms with Crippen molar-refractivity contribution in [2.45, 2.75) is 25.8 Å². The van der Waals surface area contributed by atoms with E-state index in [1.165, 1.54) is 0 Å². The average Bonchev–Trinajstić information content (AvgIpc) is 2.92. The Hall–Kier alpha value is -1.78. The Labute approximate surface area is 107 Å². The lowest BCUT2D eigenvalue weighted by molar-refractivity contribution is 0.205. The standard InChI is InChI=1S/C13H19N3O2/c1-10(11-5-6-14-9-12(11)18-2)15-13(17)16-7-3-4-8-16/h5-6,9-10H,3-4,7-8H2,1-2H3,(H,15,17). The molecule has 2 amide bonds. The minimum absolute atomic E-state index is 0.00105. The second-order valence-corrected chi connectivity index (χ2v) is 4.48. The average molecular weight is 249 g/mol. The van der Waals surface area contributed by atoms with Crippen molar-refractivity contribution in [1.29, 1.82) is 0 Å². The smallest absolute Gasteiger partial charge is 0.317 e. The molecule has 1 atom stereocenters. The maximum Gasteiger partial charge on any atom is 0.317 e. The molecule has 1 N–H and O–H groups in total. The van der Waals surface area contributed by atoms with Crippen LogP contribution in [0.4, 0.5) is 4.79 Å². The molecule has 98 valence electrons. The highest BCUT2D eigenvalue weighted by atomic mass is 16.5. The Kier molecular flexibility index (Phi) is 4.02. The second kappa shape index (κ2) is 5.71. The van der Waals surface area contributed by atoms with Crippen LogP contribution in [0.25, 0.3) is 0 Å².